The van der Waals surface area contributed by atoms with E-state index >= 15 is 0 Å². The average molecular weight is 232 g/mol. The number of aromatic carboxylic acids is 1. The Bertz CT molecular complexity index is 546. The highest BCUT2D eigenvalue weighted by Gasteiger charge is 2.16. The molecule has 17 heavy (non-hydrogen) atoms. The molecule has 3 heterocycles. The molecule has 0 aliphatic carbocycles. The van der Waals surface area contributed by atoms with Crippen LogP contribution < -0.4 is 0 Å². The lowest BCUT2D eigenvalue weighted by Crippen LogP contribution is -2.08. The van der Waals surface area contributed by atoms with Crippen molar-refractivity contribution in [3.8, 4) is 11.4 Å². The summed E-state index contributed by atoms with van der Waals surface area (Å²) in [5.74, 6) is 0.0545. The highest BCUT2D eigenvalue weighted by Crippen LogP contribution is 2.21. The zero-order valence-electron chi connectivity index (χ0n) is 9.18. The van der Waals surface area contributed by atoms with E-state index in [4.69, 9.17) is 5.11 Å². The van der Waals surface area contributed by atoms with Gasteiger partial charge in [-0.15, -0.1) is 0 Å². The van der Waals surface area contributed by atoms with Gasteiger partial charge in [0.15, 0.2) is 0 Å². The maximum Gasteiger partial charge on any atom is 0.353 e. The van der Waals surface area contributed by atoms with Crippen LogP contribution in [-0.4, -0.2) is 30.8 Å². The molecule has 2 aromatic rings. The molecule has 0 unspecified atom stereocenters. The SMILES string of the molecule is O=C(O)c1cc(-c2cn3c(n2)CCCC3)n[nH]1. The highest BCUT2D eigenvalue weighted by atomic mass is 16.4. The number of hydrogen-bond acceptors (Lipinski definition) is 3. The Balaban J connectivity index is 1.97. The Morgan fingerprint density at radius 2 is 2.29 bits per heavy atom. The lowest BCUT2D eigenvalue weighted by atomic mass is 10.2. The summed E-state index contributed by atoms with van der Waals surface area (Å²) >= 11 is 0. The van der Waals surface area contributed by atoms with Crippen LogP contribution in [0.2, 0.25) is 0 Å². The van der Waals surface area contributed by atoms with Gasteiger partial charge in [0.25, 0.3) is 0 Å². The number of imidazole rings is 1. The topological polar surface area (TPSA) is 83.8 Å². The molecule has 0 amide bonds. The van der Waals surface area contributed by atoms with Crippen molar-refractivity contribution in [3.05, 3.63) is 23.8 Å². The minimum absolute atomic E-state index is 0.0889. The second-order valence-electron chi connectivity index (χ2n) is 4.16. The van der Waals surface area contributed by atoms with Gasteiger partial charge in [-0.2, -0.15) is 5.10 Å². The minimum atomic E-state index is -1.01. The standard InChI is InChI=1S/C11H12N4O2/c16-11(17)8-5-7(13-14-8)9-6-15-4-2-1-3-10(15)12-9/h5-6H,1-4H2,(H,13,14)(H,16,17). The van der Waals surface area contributed by atoms with Gasteiger partial charge in [0, 0.05) is 25.2 Å². The zero-order chi connectivity index (χ0) is 11.8. The van der Waals surface area contributed by atoms with Crippen molar-refractivity contribution >= 4 is 5.97 Å². The Hall–Kier alpha value is -2.11. The molecule has 6 heteroatoms. The van der Waals surface area contributed by atoms with Crippen LogP contribution in [0.4, 0.5) is 0 Å². The van der Waals surface area contributed by atoms with E-state index < -0.39 is 5.97 Å². The number of carboxylic acid groups (broad SMARTS) is 1. The van der Waals surface area contributed by atoms with E-state index in [9.17, 15) is 4.79 Å². The lowest BCUT2D eigenvalue weighted by molar-refractivity contribution is 0.0690. The van der Waals surface area contributed by atoms with Gasteiger partial charge in [-0.3, -0.25) is 5.10 Å². The van der Waals surface area contributed by atoms with Crippen LogP contribution in [0.3, 0.4) is 0 Å². The summed E-state index contributed by atoms with van der Waals surface area (Å²) in [6, 6.07) is 1.51. The first kappa shape index (κ1) is 10.1. The molecule has 0 fully saturated rings. The number of aromatic nitrogens is 4. The molecule has 0 saturated heterocycles. The third kappa shape index (κ3) is 1.71. The van der Waals surface area contributed by atoms with E-state index in [0.717, 1.165) is 30.9 Å². The molecule has 0 aromatic carbocycles. The Labute approximate surface area is 97.3 Å². The molecule has 2 aromatic heterocycles. The summed E-state index contributed by atoms with van der Waals surface area (Å²) < 4.78 is 2.12. The van der Waals surface area contributed by atoms with Crippen LogP contribution in [0.5, 0.6) is 0 Å². The van der Waals surface area contributed by atoms with Gasteiger partial charge in [0.1, 0.15) is 22.9 Å². The van der Waals surface area contributed by atoms with E-state index in [-0.39, 0.29) is 5.69 Å². The molecule has 0 bridgehead atoms. The maximum absolute atomic E-state index is 10.7. The van der Waals surface area contributed by atoms with Gasteiger partial charge >= 0.3 is 5.97 Å². The monoisotopic (exact) mass is 232 g/mol. The van der Waals surface area contributed by atoms with Gasteiger partial charge in [0.2, 0.25) is 0 Å². The quantitative estimate of drug-likeness (QED) is 0.817. The molecule has 0 atom stereocenters. The van der Waals surface area contributed by atoms with Crippen molar-refractivity contribution in [1.29, 1.82) is 0 Å². The Kier molecular flexibility index (Phi) is 2.21. The van der Waals surface area contributed by atoms with Crippen molar-refractivity contribution in [2.45, 2.75) is 25.8 Å². The summed E-state index contributed by atoms with van der Waals surface area (Å²) in [5, 5.41) is 15.3. The Morgan fingerprint density at radius 3 is 3.00 bits per heavy atom. The number of aryl methyl sites for hydroxylation is 2. The Morgan fingerprint density at radius 1 is 1.41 bits per heavy atom. The molecule has 0 spiro atoms. The zero-order valence-corrected chi connectivity index (χ0v) is 9.18. The number of hydrogen-bond donors (Lipinski definition) is 2. The molecule has 3 rings (SSSR count). The third-order valence-corrected chi connectivity index (χ3v) is 2.98. The largest absolute Gasteiger partial charge is 0.477 e. The van der Waals surface area contributed by atoms with Crippen LogP contribution in [0, 0.1) is 0 Å². The number of aromatic amines is 1. The molecule has 1 aliphatic heterocycles. The average Bonchev–Trinajstić information content (AvgIpc) is 2.95. The van der Waals surface area contributed by atoms with Gasteiger partial charge < -0.3 is 9.67 Å². The van der Waals surface area contributed by atoms with Crippen LogP contribution in [-0.2, 0) is 13.0 Å². The second kappa shape index (κ2) is 3.73. The van der Waals surface area contributed by atoms with Crippen molar-refractivity contribution in [1.82, 2.24) is 19.7 Å². The molecule has 1 aliphatic rings. The summed E-state index contributed by atoms with van der Waals surface area (Å²) in [4.78, 5) is 15.2. The summed E-state index contributed by atoms with van der Waals surface area (Å²) in [6.45, 7) is 0.985. The number of H-pyrrole nitrogens is 1. The summed E-state index contributed by atoms with van der Waals surface area (Å²) in [6.07, 6.45) is 5.26. The molecule has 2 N–H and O–H groups in total. The van der Waals surface area contributed by atoms with Crippen molar-refractivity contribution in [3.63, 3.8) is 0 Å². The summed E-state index contributed by atoms with van der Waals surface area (Å²) in [5.41, 5.74) is 1.42. The maximum atomic E-state index is 10.7. The van der Waals surface area contributed by atoms with E-state index in [1.54, 1.807) is 0 Å². The van der Waals surface area contributed by atoms with Gasteiger partial charge in [-0.1, -0.05) is 0 Å². The molecule has 0 saturated carbocycles. The van der Waals surface area contributed by atoms with E-state index in [0.29, 0.717) is 5.69 Å². The number of nitrogens with one attached hydrogen (secondary N) is 1. The van der Waals surface area contributed by atoms with Crippen molar-refractivity contribution in [2.75, 3.05) is 0 Å². The molecule has 88 valence electrons. The third-order valence-electron chi connectivity index (χ3n) is 2.98. The highest BCUT2D eigenvalue weighted by molar-refractivity contribution is 5.86. The lowest BCUT2D eigenvalue weighted by Gasteiger charge is -2.11. The predicted octanol–water partition coefficient (Wildman–Crippen LogP) is 1.31. The van der Waals surface area contributed by atoms with Crippen LogP contribution >= 0.6 is 0 Å². The number of carboxylic acids is 1. The van der Waals surface area contributed by atoms with E-state index in [1.807, 2.05) is 6.20 Å². The second-order valence-corrected chi connectivity index (χ2v) is 4.16. The van der Waals surface area contributed by atoms with Gasteiger partial charge in [0.05, 0.1) is 0 Å². The normalized spacial score (nSPS) is 14.6. The first-order valence-corrected chi connectivity index (χ1v) is 5.59. The molecular weight excluding hydrogens is 220 g/mol. The first-order valence-electron chi connectivity index (χ1n) is 5.59. The van der Waals surface area contributed by atoms with Crippen LogP contribution in [0.1, 0.15) is 29.2 Å². The van der Waals surface area contributed by atoms with Gasteiger partial charge in [-0.25, -0.2) is 9.78 Å². The van der Waals surface area contributed by atoms with Crippen LogP contribution in [0.25, 0.3) is 11.4 Å². The fourth-order valence-corrected chi connectivity index (χ4v) is 2.10. The molecular formula is C11H12N4O2. The van der Waals surface area contributed by atoms with Gasteiger partial charge in [-0.05, 0) is 12.8 Å². The molecule has 6 nitrogen and oxygen atoms in total. The smallest absolute Gasteiger partial charge is 0.353 e. The van der Waals surface area contributed by atoms with E-state index in [1.165, 1.54) is 12.5 Å². The fraction of sp³-hybridized carbons (Fsp3) is 0.364. The molecule has 0 radical (unpaired) electrons. The number of rotatable bonds is 2. The fourth-order valence-electron chi connectivity index (χ4n) is 2.10. The predicted molar refractivity (Wildman–Crippen MR) is 59.7 cm³/mol. The minimum Gasteiger partial charge on any atom is -0.477 e. The van der Waals surface area contributed by atoms with Crippen molar-refractivity contribution < 1.29 is 9.90 Å². The number of fused-ring (bicyclic) bond motifs is 1. The van der Waals surface area contributed by atoms with E-state index in [2.05, 4.69) is 19.7 Å². The summed E-state index contributed by atoms with van der Waals surface area (Å²) in [7, 11) is 0. The van der Waals surface area contributed by atoms with Crippen LogP contribution in [0.15, 0.2) is 12.3 Å². The number of carbonyl (C=O) groups is 1. The number of nitrogens with zero attached hydrogens (tertiary/aromatic N) is 3. The first-order chi connectivity index (χ1) is 8.24. The van der Waals surface area contributed by atoms with Crippen molar-refractivity contribution in [2.24, 2.45) is 0 Å².